The second-order valence-electron chi connectivity index (χ2n) is 4.68. The Kier molecular flexibility index (Phi) is 4.10. The van der Waals surface area contributed by atoms with Crippen LogP contribution in [-0.4, -0.2) is 29.4 Å². The number of aliphatic hydroxyl groups is 1. The Hall–Kier alpha value is -1.68. The molecule has 0 saturated heterocycles. The van der Waals surface area contributed by atoms with Crippen molar-refractivity contribution in [3.8, 4) is 0 Å². The molecule has 1 fully saturated rings. The third-order valence-corrected chi connectivity index (χ3v) is 3.36. The van der Waals surface area contributed by atoms with E-state index in [9.17, 15) is 14.7 Å². The summed E-state index contributed by atoms with van der Waals surface area (Å²) < 4.78 is 0. The van der Waals surface area contributed by atoms with E-state index in [2.05, 4.69) is 5.32 Å². The standard InChI is InChI=1S/C14H17NO3/c16-9-10-3-1-2-4-13(10)14(18)15-11-5-7-12(17)8-6-11/h1-4,9,11-12,17H,5-8H2,(H,15,18). The van der Waals surface area contributed by atoms with Crippen molar-refractivity contribution in [2.24, 2.45) is 0 Å². The summed E-state index contributed by atoms with van der Waals surface area (Å²) in [6.07, 6.45) is 3.48. The van der Waals surface area contributed by atoms with E-state index >= 15 is 0 Å². The fraction of sp³-hybridized carbons (Fsp3) is 0.429. The second kappa shape index (κ2) is 5.78. The molecule has 0 heterocycles. The quantitative estimate of drug-likeness (QED) is 0.796. The van der Waals surface area contributed by atoms with Crippen molar-refractivity contribution in [3.63, 3.8) is 0 Å². The van der Waals surface area contributed by atoms with Crippen LogP contribution in [0.3, 0.4) is 0 Å². The number of hydrogen-bond acceptors (Lipinski definition) is 3. The summed E-state index contributed by atoms with van der Waals surface area (Å²) in [7, 11) is 0. The average molecular weight is 247 g/mol. The molecule has 1 amide bonds. The number of benzene rings is 1. The summed E-state index contributed by atoms with van der Waals surface area (Å²) in [5.41, 5.74) is 0.824. The highest BCUT2D eigenvalue weighted by Gasteiger charge is 2.21. The van der Waals surface area contributed by atoms with Crippen LogP contribution in [-0.2, 0) is 0 Å². The van der Waals surface area contributed by atoms with Crippen LogP contribution in [0.15, 0.2) is 24.3 Å². The van der Waals surface area contributed by atoms with E-state index in [0.717, 1.165) is 25.7 Å². The van der Waals surface area contributed by atoms with Gasteiger partial charge in [-0.05, 0) is 31.7 Å². The SMILES string of the molecule is O=Cc1ccccc1C(=O)NC1CCC(O)CC1. The first-order chi connectivity index (χ1) is 8.70. The molecular formula is C14H17NO3. The molecule has 0 atom stereocenters. The van der Waals surface area contributed by atoms with Gasteiger partial charge in [0.05, 0.1) is 6.10 Å². The van der Waals surface area contributed by atoms with Crippen LogP contribution in [0, 0.1) is 0 Å². The Morgan fingerprint density at radius 2 is 1.89 bits per heavy atom. The number of nitrogens with one attached hydrogen (secondary N) is 1. The van der Waals surface area contributed by atoms with Crippen molar-refractivity contribution < 1.29 is 14.7 Å². The molecule has 96 valence electrons. The zero-order valence-electron chi connectivity index (χ0n) is 10.1. The van der Waals surface area contributed by atoms with Crippen LogP contribution in [0.2, 0.25) is 0 Å². The Labute approximate surface area is 106 Å². The van der Waals surface area contributed by atoms with E-state index in [4.69, 9.17) is 0 Å². The van der Waals surface area contributed by atoms with Crippen LogP contribution in [0.4, 0.5) is 0 Å². The molecule has 0 bridgehead atoms. The molecule has 0 spiro atoms. The maximum Gasteiger partial charge on any atom is 0.252 e. The summed E-state index contributed by atoms with van der Waals surface area (Å²) in [6, 6.07) is 6.86. The number of carbonyl (C=O) groups is 2. The van der Waals surface area contributed by atoms with Crippen LogP contribution in [0.25, 0.3) is 0 Å². The molecule has 0 aliphatic heterocycles. The molecule has 1 aliphatic rings. The highest BCUT2D eigenvalue weighted by molar-refractivity contribution is 6.01. The number of carbonyl (C=O) groups excluding carboxylic acids is 2. The van der Waals surface area contributed by atoms with Gasteiger partial charge >= 0.3 is 0 Å². The van der Waals surface area contributed by atoms with Gasteiger partial charge in [-0.2, -0.15) is 0 Å². The fourth-order valence-corrected chi connectivity index (χ4v) is 2.29. The van der Waals surface area contributed by atoms with Gasteiger partial charge in [0, 0.05) is 17.2 Å². The van der Waals surface area contributed by atoms with Crippen molar-refractivity contribution in [2.45, 2.75) is 37.8 Å². The summed E-state index contributed by atoms with van der Waals surface area (Å²) in [5, 5.41) is 12.3. The van der Waals surface area contributed by atoms with Crippen LogP contribution >= 0.6 is 0 Å². The van der Waals surface area contributed by atoms with Gasteiger partial charge < -0.3 is 10.4 Å². The third-order valence-electron chi connectivity index (χ3n) is 3.36. The fourth-order valence-electron chi connectivity index (χ4n) is 2.29. The molecule has 1 aliphatic carbocycles. The van der Waals surface area contributed by atoms with Crippen LogP contribution in [0.5, 0.6) is 0 Å². The zero-order chi connectivity index (χ0) is 13.0. The van der Waals surface area contributed by atoms with Crippen molar-refractivity contribution in [3.05, 3.63) is 35.4 Å². The highest BCUT2D eigenvalue weighted by atomic mass is 16.3. The molecule has 2 rings (SSSR count). The maximum absolute atomic E-state index is 12.0. The lowest BCUT2D eigenvalue weighted by atomic mass is 9.93. The maximum atomic E-state index is 12.0. The Bertz CT molecular complexity index is 436. The van der Waals surface area contributed by atoms with Gasteiger partial charge in [-0.15, -0.1) is 0 Å². The van der Waals surface area contributed by atoms with Gasteiger partial charge in [-0.3, -0.25) is 9.59 Å². The van der Waals surface area contributed by atoms with Gasteiger partial charge in [0.15, 0.2) is 6.29 Å². The first-order valence-corrected chi connectivity index (χ1v) is 6.24. The van der Waals surface area contributed by atoms with Crippen molar-refractivity contribution >= 4 is 12.2 Å². The van der Waals surface area contributed by atoms with E-state index in [1.807, 2.05) is 0 Å². The molecule has 1 aromatic carbocycles. The third kappa shape index (κ3) is 2.96. The number of hydrogen-bond donors (Lipinski definition) is 2. The van der Waals surface area contributed by atoms with Crippen molar-refractivity contribution in [2.75, 3.05) is 0 Å². The van der Waals surface area contributed by atoms with Gasteiger partial charge in [0.25, 0.3) is 5.91 Å². The van der Waals surface area contributed by atoms with Gasteiger partial charge in [0.1, 0.15) is 0 Å². The number of aldehydes is 1. The lowest BCUT2D eigenvalue weighted by Gasteiger charge is -2.26. The minimum absolute atomic E-state index is 0.0978. The molecule has 1 aromatic rings. The predicted octanol–water partition coefficient (Wildman–Crippen LogP) is 1.53. The van der Waals surface area contributed by atoms with Crippen LogP contribution < -0.4 is 5.32 Å². The highest BCUT2D eigenvalue weighted by Crippen LogP contribution is 2.19. The molecule has 0 aromatic heterocycles. The van der Waals surface area contributed by atoms with Crippen molar-refractivity contribution in [1.29, 1.82) is 0 Å². The first kappa shape index (κ1) is 12.8. The van der Waals surface area contributed by atoms with E-state index in [1.165, 1.54) is 0 Å². The molecule has 18 heavy (non-hydrogen) atoms. The van der Waals surface area contributed by atoms with E-state index in [-0.39, 0.29) is 18.1 Å². The summed E-state index contributed by atoms with van der Waals surface area (Å²) in [6.45, 7) is 0. The molecule has 0 radical (unpaired) electrons. The Morgan fingerprint density at radius 3 is 2.56 bits per heavy atom. The predicted molar refractivity (Wildman–Crippen MR) is 67.6 cm³/mol. The average Bonchev–Trinajstić information content (AvgIpc) is 2.41. The van der Waals surface area contributed by atoms with E-state index in [1.54, 1.807) is 24.3 Å². The van der Waals surface area contributed by atoms with Gasteiger partial charge in [-0.1, -0.05) is 18.2 Å². The minimum Gasteiger partial charge on any atom is -0.393 e. The summed E-state index contributed by atoms with van der Waals surface area (Å²) >= 11 is 0. The van der Waals surface area contributed by atoms with Crippen LogP contribution in [0.1, 0.15) is 46.4 Å². The summed E-state index contributed by atoms with van der Waals surface area (Å²) in [5.74, 6) is -0.209. The van der Waals surface area contributed by atoms with E-state index < -0.39 is 0 Å². The topological polar surface area (TPSA) is 66.4 Å². The lowest BCUT2D eigenvalue weighted by Crippen LogP contribution is -2.38. The van der Waals surface area contributed by atoms with Gasteiger partial charge in [0.2, 0.25) is 0 Å². The normalized spacial score (nSPS) is 23.4. The first-order valence-electron chi connectivity index (χ1n) is 6.24. The number of amides is 1. The lowest BCUT2D eigenvalue weighted by molar-refractivity contribution is 0.0864. The number of aliphatic hydroxyl groups excluding tert-OH is 1. The van der Waals surface area contributed by atoms with Gasteiger partial charge in [-0.25, -0.2) is 0 Å². The molecule has 2 N–H and O–H groups in total. The Morgan fingerprint density at radius 1 is 1.22 bits per heavy atom. The molecular weight excluding hydrogens is 230 g/mol. The minimum atomic E-state index is -0.236. The largest absolute Gasteiger partial charge is 0.393 e. The number of rotatable bonds is 3. The molecule has 4 nitrogen and oxygen atoms in total. The molecule has 4 heteroatoms. The second-order valence-corrected chi connectivity index (χ2v) is 4.68. The van der Waals surface area contributed by atoms with E-state index in [0.29, 0.717) is 17.4 Å². The summed E-state index contributed by atoms with van der Waals surface area (Å²) in [4.78, 5) is 22.9. The monoisotopic (exact) mass is 247 g/mol. The zero-order valence-corrected chi connectivity index (χ0v) is 10.1. The molecule has 0 unspecified atom stereocenters. The Balaban J connectivity index is 2.01. The molecule has 1 saturated carbocycles. The smallest absolute Gasteiger partial charge is 0.252 e. The van der Waals surface area contributed by atoms with Crippen molar-refractivity contribution in [1.82, 2.24) is 5.32 Å².